The molecule has 0 bridgehead atoms. The van der Waals surface area contributed by atoms with Crippen molar-refractivity contribution in [1.29, 1.82) is 0 Å². The topological polar surface area (TPSA) is 79.2 Å². The van der Waals surface area contributed by atoms with E-state index in [-0.39, 0.29) is 5.91 Å². The van der Waals surface area contributed by atoms with Gasteiger partial charge in [0.1, 0.15) is 0 Å². The molecule has 1 fully saturated rings. The van der Waals surface area contributed by atoms with Gasteiger partial charge in [-0.2, -0.15) is 4.68 Å². The van der Waals surface area contributed by atoms with E-state index in [1.165, 1.54) is 0 Å². The molecule has 0 aliphatic carbocycles. The first-order valence-corrected chi connectivity index (χ1v) is 9.44. The molecule has 8 nitrogen and oxygen atoms in total. The van der Waals surface area contributed by atoms with Gasteiger partial charge in [-0.05, 0) is 34.7 Å². The highest BCUT2D eigenvalue weighted by Gasteiger charge is 2.23. The van der Waals surface area contributed by atoms with Crippen LogP contribution in [0.2, 0.25) is 5.02 Å². The molecular formula is C19H20ClN7O. The second-order valence-corrected chi connectivity index (χ2v) is 6.92. The van der Waals surface area contributed by atoms with Crippen molar-refractivity contribution < 1.29 is 4.79 Å². The molecule has 1 aliphatic heterocycles. The van der Waals surface area contributed by atoms with Gasteiger partial charge in [0.25, 0.3) is 0 Å². The first-order valence-electron chi connectivity index (χ1n) is 9.06. The molecule has 0 atom stereocenters. The summed E-state index contributed by atoms with van der Waals surface area (Å²) in [4.78, 5) is 16.6. The summed E-state index contributed by atoms with van der Waals surface area (Å²) in [6.07, 6.45) is 0. The smallest absolute Gasteiger partial charge is 0.250 e. The maximum atomic E-state index is 12.3. The molecule has 144 valence electrons. The fourth-order valence-electron chi connectivity index (χ4n) is 3.18. The van der Waals surface area contributed by atoms with Crippen molar-refractivity contribution in [2.75, 3.05) is 42.9 Å². The van der Waals surface area contributed by atoms with E-state index in [0.717, 1.165) is 31.9 Å². The van der Waals surface area contributed by atoms with Crippen LogP contribution in [0, 0.1) is 0 Å². The normalized spacial score (nSPS) is 14.8. The Morgan fingerprint density at radius 1 is 1.00 bits per heavy atom. The number of para-hydroxylation sites is 2. The number of amides is 1. The molecule has 1 N–H and O–H groups in total. The number of hydrogen-bond donors (Lipinski definition) is 1. The van der Waals surface area contributed by atoms with Crippen LogP contribution in [-0.4, -0.2) is 63.7 Å². The summed E-state index contributed by atoms with van der Waals surface area (Å²) in [6, 6.07) is 17.0. The number of anilines is 2. The van der Waals surface area contributed by atoms with Crippen LogP contribution in [0.3, 0.4) is 0 Å². The van der Waals surface area contributed by atoms with Crippen LogP contribution in [0.1, 0.15) is 0 Å². The van der Waals surface area contributed by atoms with Gasteiger partial charge in [0.15, 0.2) is 0 Å². The predicted molar refractivity (Wildman–Crippen MR) is 108 cm³/mol. The first kappa shape index (κ1) is 18.4. The van der Waals surface area contributed by atoms with Crippen LogP contribution in [0.4, 0.5) is 11.6 Å². The maximum Gasteiger partial charge on any atom is 0.250 e. The summed E-state index contributed by atoms with van der Waals surface area (Å²) in [7, 11) is 0. The predicted octanol–water partition coefficient (Wildman–Crippen LogP) is 2.08. The van der Waals surface area contributed by atoms with Gasteiger partial charge in [-0.25, -0.2) is 0 Å². The van der Waals surface area contributed by atoms with Gasteiger partial charge >= 0.3 is 0 Å². The molecule has 2 aromatic carbocycles. The summed E-state index contributed by atoms with van der Waals surface area (Å²) in [5, 5.41) is 15.5. The zero-order valence-corrected chi connectivity index (χ0v) is 16.0. The Kier molecular flexibility index (Phi) is 5.50. The van der Waals surface area contributed by atoms with E-state index < -0.39 is 0 Å². The average Bonchev–Trinajstić information content (AvgIpc) is 3.21. The Morgan fingerprint density at radius 3 is 2.46 bits per heavy atom. The number of carbonyl (C=O) groups excluding carboxylic acids is 1. The highest BCUT2D eigenvalue weighted by atomic mass is 35.5. The summed E-state index contributed by atoms with van der Waals surface area (Å²) < 4.78 is 1.74. The number of carbonyl (C=O) groups is 1. The molecule has 1 saturated heterocycles. The number of hydrogen-bond acceptors (Lipinski definition) is 6. The number of halogens is 1. The minimum absolute atomic E-state index is 0.0735. The second kappa shape index (κ2) is 8.37. The van der Waals surface area contributed by atoms with E-state index in [1.807, 2.05) is 42.5 Å². The Morgan fingerprint density at radius 2 is 1.71 bits per heavy atom. The van der Waals surface area contributed by atoms with Crippen LogP contribution in [0.5, 0.6) is 0 Å². The SMILES string of the molecule is O=C(CN1CCN(c2nnnn2-c2ccccc2)CC1)Nc1ccccc1Cl. The van der Waals surface area contributed by atoms with Gasteiger partial charge < -0.3 is 10.2 Å². The van der Waals surface area contributed by atoms with Crippen molar-refractivity contribution in [3.05, 3.63) is 59.6 Å². The van der Waals surface area contributed by atoms with Crippen molar-refractivity contribution in [3.8, 4) is 5.69 Å². The standard InChI is InChI=1S/C19H20ClN7O/c20-16-8-4-5-9-17(16)21-18(28)14-25-10-12-26(13-11-25)19-22-23-24-27(19)15-6-2-1-3-7-15/h1-9H,10-14H2,(H,21,28). The number of benzene rings is 2. The van der Waals surface area contributed by atoms with E-state index in [1.54, 1.807) is 16.8 Å². The number of piperazine rings is 1. The van der Waals surface area contributed by atoms with Gasteiger partial charge in [0, 0.05) is 26.2 Å². The Hall–Kier alpha value is -2.97. The van der Waals surface area contributed by atoms with Crippen LogP contribution in [-0.2, 0) is 4.79 Å². The zero-order valence-electron chi connectivity index (χ0n) is 15.2. The second-order valence-electron chi connectivity index (χ2n) is 6.52. The summed E-state index contributed by atoms with van der Waals surface area (Å²) in [5.41, 5.74) is 1.55. The van der Waals surface area contributed by atoms with E-state index in [4.69, 9.17) is 11.6 Å². The molecule has 4 rings (SSSR count). The third-order valence-corrected chi connectivity index (χ3v) is 4.95. The van der Waals surface area contributed by atoms with Gasteiger partial charge in [0.05, 0.1) is 22.9 Å². The summed E-state index contributed by atoms with van der Waals surface area (Å²) in [5.74, 6) is 0.641. The lowest BCUT2D eigenvalue weighted by Crippen LogP contribution is -2.49. The number of nitrogens with zero attached hydrogens (tertiary/aromatic N) is 6. The molecule has 28 heavy (non-hydrogen) atoms. The Labute approximate surface area is 167 Å². The van der Waals surface area contributed by atoms with Crippen LogP contribution in [0.15, 0.2) is 54.6 Å². The highest BCUT2D eigenvalue weighted by Crippen LogP contribution is 2.20. The van der Waals surface area contributed by atoms with E-state index in [2.05, 4.69) is 30.6 Å². The van der Waals surface area contributed by atoms with E-state index in [9.17, 15) is 4.79 Å². The minimum Gasteiger partial charge on any atom is -0.337 e. The maximum absolute atomic E-state index is 12.3. The Bertz CT molecular complexity index is 938. The lowest BCUT2D eigenvalue weighted by molar-refractivity contribution is -0.117. The number of aromatic nitrogens is 4. The number of nitrogens with one attached hydrogen (secondary N) is 1. The monoisotopic (exact) mass is 397 g/mol. The largest absolute Gasteiger partial charge is 0.337 e. The van der Waals surface area contributed by atoms with Crippen LogP contribution in [0.25, 0.3) is 5.69 Å². The molecule has 2 heterocycles. The molecule has 0 saturated carbocycles. The number of rotatable bonds is 5. The third-order valence-electron chi connectivity index (χ3n) is 4.62. The minimum atomic E-state index is -0.0735. The lowest BCUT2D eigenvalue weighted by Gasteiger charge is -2.34. The van der Waals surface area contributed by atoms with Gasteiger partial charge in [0.2, 0.25) is 11.9 Å². The molecule has 3 aromatic rings. The summed E-state index contributed by atoms with van der Waals surface area (Å²) in [6.45, 7) is 3.30. The number of tetrazole rings is 1. The lowest BCUT2D eigenvalue weighted by atomic mass is 10.3. The molecule has 1 aromatic heterocycles. The summed E-state index contributed by atoms with van der Waals surface area (Å²) >= 11 is 6.10. The van der Waals surface area contributed by atoms with Crippen molar-refractivity contribution in [2.24, 2.45) is 0 Å². The average molecular weight is 398 g/mol. The van der Waals surface area contributed by atoms with E-state index >= 15 is 0 Å². The molecule has 0 unspecified atom stereocenters. The molecule has 9 heteroatoms. The van der Waals surface area contributed by atoms with Gasteiger partial charge in [-0.15, -0.1) is 0 Å². The fourth-order valence-corrected chi connectivity index (χ4v) is 3.36. The molecule has 0 spiro atoms. The van der Waals surface area contributed by atoms with Crippen LogP contribution < -0.4 is 10.2 Å². The van der Waals surface area contributed by atoms with Crippen molar-refractivity contribution >= 4 is 29.1 Å². The van der Waals surface area contributed by atoms with Crippen molar-refractivity contribution in [1.82, 2.24) is 25.1 Å². The quantitative estimate of drug-likeness (QED) is 0.710. The zero-order chi connectivity index (χ0) is 19.3. The molecule has 0 radical (unpaired) electrons. The first-order chi connectivity index (χ1) is 13.7. The highest BCUT2D eigenvalue weighted by molar-refractivity contribution is 6.33. The molecule has 1 aliphatic rings. The van der Waals surface area contributed by atoms with Gasteiger partial charge in [-0.3, -0.25) is 9.69 Å². The third kappa shape index (κ3) is 4.13. The Balaban J connectivity index is 1.34. The molecule has 1 amide bonds. The van der Waals surface area contributed by atoms with E-state index in [0.29, 0.717) is 23.2 Å². The van der Waals surface area contributed by atoms with Crippen molar-refractivity contribution in [3.63, 3.8) is 0 Å². The van der Waals surface area contributed by atoms with Gasteiger partial charge in [-0.1, -0.05) is 47.0 Å². The molecular weight excluding hydrogens is 378 g/mol. The van der Waals surface area contributed by atoms with Crippen LogP contribution >= 0.6 is 11.6 Å². The fraction of sp³-hybridized carbons (Fsp3) is 0.263. The van der Waals surface area contributed by atoms with Crippen molar-refractivity contribution in [2.45, 2.75) is 0 Å².